The Morgan fingerprint density at radius 1 is 1.29 bits per heavy atom. The largest absolute Gasteiger partial charge is 0.573 e. The maximum Gasteiger partial charge on any atom is 0.573 e. The van der Waals surface area contributed by atoms with Crippen molar-refractivity contribution >= 4 is 12.2 Å². The highest BCUT2D eigenvalue weighted by molar-refractivity contribution is 5.85. The standard InChI is InChI=1S/C21H26F3N3O4/c1-26-13-18(25-14-26)19(28)27(16-5-7-20(8-6-16)29-9-10-30-20)12-15-3-2-4-17(11-15)31-21(22,23)24/h2-4,11,14,16,18H,5-10,12-13H2,1H3. The first-order valence-corrected chi connectivity index (χ1v) is 10.4. The first-order chi connectivity index (χ1) is 14.7. The maximum atomic E-state index is 13.3. The number of halogens is 3. The van der Waals surface area contributed by atoms with Gasteiger partial charge in [0.2, 0.25) is 5.91 Å². The van der Waals surface area contributed by atoms with E-state index in [0.29, 0.717) is 51.0 Å². The molecule has 10 heteroatoms. The molecule has 0 aromatic heterocycles. The minimum Gasteiger partial charge on any atom is -0.406 e. The van der Waals surface area contributed by atoms with Crippen LogP contribution in [-0.2, 0) is 20.8 Å². The van der Waals surface area contributed by atoms with Crippen molar-refractivity contribution in [2.45, 2.75) is 56.5 Å². The zero-order valence-corrected chi connectivity index (χ0v) is 17.3. The van der Waals surface area contributed by atoms with Gasteiger partial charge >= 0.3 is 6.36 Å². The van der Waals surface area contributed by atoms with Gasteiger partial charge in [-0.1, -0.05) is 12.1 Å². The zero-order valence-electron chi connectivity index (χ0n) is 17.3. The summed E-state index contributed by atoms with van der Waals surface area (Å²) >= 11 is 0. The van der Waals surface area contributed by atoms with Gasteiger partial charge in [0.15, 0.2) is 5.79 Å². The highest BCUT2D eigenvalue weighted by Crippen LogP contribution is 2.38. The van der Waals surface area contributed by atoms with Gasteiger partial charge in [0.25, 0.3) is 0 Å². The number of hydrogen-bond acceptors (Lipinski definition) is 6. The lowest BCUT2D eigenvalue weighted by atomic mass is 9.88. The third-order valence-corrected chi connectivity index (χ3v) is 5.93. The predicted octanol–water partition coefficient (Wildman–Crippen LogP) is 2.94. The summed E-state index contributed by atoms with van der Waals surface area (Å²) in [7, 11) is 1.85. The summed E-state index contributed by atoms with van der Waals surface area (Å²) in [5.74, 6) is -0.986. The Bertz CT molecular complexity index is 816. The first kappa shape index (κ1) is 21.9. The summed E-state index contributed by atoms with van der Waals surface area (Å²) in [6, 6.07) is 5.18. The fourth-order valence-corrected chi connectivity index (χ4v) is 4.46. The normalized spacial score (nSPS) is 23.5. The third kappa shape index (κ3) is 5.30. The number of alkyl halides is 3. The van der Waals surface area contributed by atoms with Crippen LogP contribution in [-0.4, -0.2) is 73.1 Å². The van der Waals surface area contributed by atoms with Crippen LogP contribution in [0.1, 0.15) is 31.2 Å². The molecule has 1 saturated heterocycles. The lowest BCUT2D eigenvalue weighted by molar-refractivity contribution is -0.274. The molecule has 2 fully saturated rings. The van der Waals surface area contributed by atoms with E-state index in [0.717, 1.165) is 0 Å². The van der Waals surface area contributed by atoms with E-state index in [-0.39, 0.29) is 24.2 Å². The molecule has 1 aliphatic carbocycles. The van der Waals surface area contributed by atoms with Crippen molar-refractivity contribution in [3.05, 3.63) is 29.8 Å². The van der Waals surface area contributed by atoms with Gasteiger partial charge < -0.3 is 24.0 Å². The number of ether oxygens (including phenoxy) is 3. The van der Waals surface area contributed by atoms with E-state index < -0.39 is 18.2 Å². The van der Waals surface area contributed by atoms with Crippen molar-refractivity contribution < 1.29 is 32.2 Å². The number of carbonyl (C=O) groups excluding carboxylic acids is 1. The van der Waals surface area contributed by atoms with E-state index in [9.17, 15) is 18.0 Å². The molecule has 4 rings (SSSR count). The molecule has 0 radical (unpaired) electrons. The van der Waals surface area contributed by atoms with Crippen LogP contribution in [0.25, 0.3) is 0 Å². The number of likely N-dealkylation sites (N-methyl/N-ethyl adjacent to an activating group) is 1. The van der Waals surface area contributed by atoms with Crippen LogP contribution >= 0.6 is 0 Å². The molecule has 3 aliphatic rings. The molecule has 7 nitrogen and oxygen atoms in total. The van der Waals surface area contributed by atoms with Crippen LogP contribution in [0.15, 0.2) is 29.3 Å². The summed E-state index contributed by atoms with van der Waals surface area (Å²) in [5.41, 5.74) is 0.569. The number of carbonyl (C=O) groups is 1. The van der Waals surface area contributed by atoms with Crippen LogP contribution in [0, 0.1) is 0 Å². The number of benzene rings is 1. The summed E-state index contributed by atoms with van der Waals surface area (Å²) in [6.45, 7) is 1.81. The minimum atomic E-state index is -4.77. The zero-order chi connectivity index (χ0) is 22.1. The average molecular weight is 441 g/mol. The van der Waals surface area contributed by atoms with Crippen LogP contribution < -0.4 is 4.74 Å². The molecule has 0 bridgehead atoms. The smallest absolute Gasteiger partial charge is 0.406 e. The van der Waals surface area contributed by atoms with Gasteiger partial charge in [-0.2, -0.15) is 0 Å². The van der Waals surface area contributed by atoms with Gasteiger partial charge in [0.05, 0.1) is 19.6 Å². The number of aliphatic imine (C=N–C) groups is 1. The van der Waals surface area contributed by atoms with E-state index in [1.54, 1.807) is 17.3 Å². The number of hydrogen-bond donors (Lipinski definition) is 0. The predicted molar refractivity (Wildman–Crippen MR) is 105 cm³/mol. The van der Waals surface area contributed by atoms with E-state index in [1.807, 2.05) is 11.9 Å². The van der Waals surface area contributed by atoms with Gasteiger partial charge in [-0.15, -0.1) is 13.2 Å². The lowest BCUT2D eigenvalue weighted by Gasteiger charge is -2.41. The first-order valence-electron chi connectivity index (χ1n) is 10.4. The molecule has 2 aliphatic heterocycles. The quantitative estimate of drug-likeness (QED) is 0.703. The molecule has 0 N–H and O–H groups in total. The molecule has 1 aromatic rings. The number of nitrogens with zero attached hydrogens (tertiary/aromatic N) is 3. The molecular formula is C21H26F3N3O4. The van der Waals surface area contributed by atoms with Crippen molar-refractivity contribution in [3.8, 4) is 5.75 Å². The Labute approximate surface area is 178 Å². The minimum absolute atomic E-state index is 0.0702. The molecule has 1 saturated carbocycles. The molecule has 1 unspecified atom stereocenters. The second-order valence-corrected chi connectivity index (χ2v) is 8.22. The number of amides is 1. The van der Waals surface area contributed by atoms with Crippen LogP contribution in [0.3, 0.4) is 0 Å². The van der Waals surface area contributed by atoms with Crippen molar-refractivity contribution in [1.29, 1.82) is 0 Å². The van der Waals surface area contributed by atoms with E-state index >= 15 is 0 Å². The van der Waals surface area contributed by atoms with Crippen LogP contribution in [0.4, 0.5) is 13.2 Å². The van der Waals surface area contributed by atoms with E-state index in [2.05, 4.69) is 9.73 Å². The van der Waals surface area contributed by atoms with E-state index in [4.69, 9.17) is 9.47 Å². The maximum absolute atomic E-state index is 13.3. The second-order valence-electron chi connectivity index (χ2n) is 8.22. The van der Waals surface area contributed by atoms with Crippen LogP contribution in [0.2, 0.25) is 0 Å². The van der Waals surface area contributed by atoms with Gasteiger partial charge in [-0.25, -0.2) is 0 Å². The Morgan fingerprint density at radius 2 is 2.00 bits per heavy atom. The van der Waals surface area contributed by atoms with Gasteiger partial charge in [-0.05, 0) is 30.5 Å². The Balaban J connectivity index is 1.51. The van der Waals surface area contributed by atoms with E-state index in [1.165, 1.54) is 18.2 Å². The lowest BCUT2D eigenvalue weighted by Crippen LogP contribution is -2.49. The summed E-state index contributed by atoms with van der Waals surface area (Å²) in [5, 5.41) is 0. The third-order valence-electron chi connectivity index (χ3n) is 5.93. The topological polar surface area (TPSA) is 63.6 Å². The monoisotopic (exact) mass is 441 g/mol. The van der Waals surface area contributed by atoms with Crippen molar-refractivity contribution in [2.24, 2.45) is 4.99 Å². The van der Waals surface area contributed by atoms with Crippen molar-refractivity contribution in [3.63, 3.8) is 0 Å². The summed E-state index contributed by atoms with van der Waals surface area (Å²) < 4.78 is 53.4. The Hall–Kier alpha value is -2.33. The van der Waals surface area contributed by atoms with Crippen LogP contribution in [0.5, 0.6) is 5.75 Å². The van der Waals surface area contributed by atoms with Crippen molar-refractivity contribution in [1.82, 2.24) is 9.80 Å². The number of rotatable bonds is 5. The Morgan fingerprint density at radius 3 is 2.61 bits per heavy atom. The van der Waals surface area contributed by atoms with Gasteiger partial charge in [-0.3, -0.25) is 9.79 Å². The highest BCUT2D eigenvalue weighted by Gasteiger charge is 2.43. The molecular weight excluding hydrogens is 415 g/mol. The molecule has 1 aromatic carbocycles. The molecule has 1 atom stereocenters. The van der Waals surface area contributed by atoms with Crippen molar-refractivity contribution in [2.75, 3.05) is 26.8 Å². The van der Waals surface area contributed by atoms with Gasteiger partial charge in [0, 0.05) is 39.0 Å². The molecule has 1 amide bonds. The molecule has 170 valence electrons. The average Bonchev–Trinajstić information content (AvgIpc) is 3.35. The SMILES string of the molecule is CN1C=NC(C(=O)N(Cc2cccc(OC(F)(F)F)c2)C2CCC3(CC2)OCCO3)C1. The highest BCUT2D eigenvalue weighted by atomic mass is 19.4. The van der Waals surface area contributed by atoms with Gasteiger partial charge in [0.1, 0.15) is 11.8 Å². The fourth-order valence-electron chi connectivity index (χ4n) is 4.46. The summed E-state index contributed by atoms with van der Waals surface area (Å²) in [4.78, 5) is 21.2. The second kappa shape index (κ2) is 8.66. The fraction of sp³-hybridized carbons (Fsp3) is 0.619. The molecule has 2 heterocycles. The molecule has 31 heavy (non-hydrogen) atoms. The Kier molecular flexibility index (Phi) is 6.11. The molecule has 1 spiro atoms. The summed E-state index contributed by atoms with van der Waals surface area (Å²) in [6.07, 6.45) is -0.405.